The highest BCUT2D eigenvalue weighted by Crippen LogP contribution is 1.99. The highest BCUT2D eigenvalue weighted by atomic mass is 16.1. The first kappa shape index (κ1) is 7.99. The smallest absolute Gasteiger partial charge is 0.184 e. The fourth-order valence-corrected chi connectivity index (χ4v) is 1.01. The Bertz CT molecular complexity index is 326. The van der Waals surface area contributed by atoms with Gasteiger partial charge in [-0.1, -0.05) is 18.2 Å². The molecule has 0 saturated carbocycles. The van der Waals surface area contributed by atoms with E-state index in [1.165, 1.54) is 0 Å². The van der Waals surface area contributed by atoms with Gasteiger partial charge in [0, 0.05) is 0 Å². The van der Waals surface area contributed by atoms with Crippen LogP contribution in [0.25, 0.3) is 0 Å². The summed E-state index contributed by atoms with van der Waals surface area (Å²) < 4.78 is 0. The van der Waals surface area contributed by atoms with E-state index in [1.807, 2.05) is 39.0 Å². The highest BCUT2D eigenvalue weighted by Gasteiger charge is 1.96. The predicted molar refractivity (Wildman–Crippen MR) is 46.9 cm³/mol. The standard InChI is InChI=1S/C10H12O/c1-7-5-4-6-8(2)10(11)9(7)3/h4-6H,1-3H3. The SMILES string of the molecule is Cc1cccc(C)c(=O)c1C. The molecule has 1 rings (SSSR count). The Kier molecular flexibility index (Phi) is 2.08. The molecule has 0 radical (unpaired) electrons. The van der Waals surface area contributed by atoms with Crippen LogP contribution in [0.15, 0.2) is 23.0 Å². The van der Waals surface area contributed by atoms with Crippen LogP contribution in [0.1, 0.15) is 16.7 Å². The fraction of sp³-hybridized carbons (Fsp3) is 0.300. The first-order valence-corrected chi connectivity index (χ1v) is 3.70. The molecule has 0 unspecified atom stereocenters. The van der Waals surface area contributed by atoms with Gasteiger partial charge in [0.25, 0.3) is 0 Å². The van der Waals surface area contributed by atoms with Crippen molar-refractivity contribution in [3.8, 4) is 0 Å². The van der Waals surface area contributed by atoms with Crippen molar-refractivity contribution >= 4 is 0 Å². The molecule has 0 amide bonds. The largest absolute Gasteiger partial charge is 0.289 e. The van der Waals surface area contributed by atoms with Crippen LogP contribution in [-0.4, -0.2) is 0 Å². The van der Waals surface area contributed by atoms with Crippen LogP contribution < -0.4 is 5.43 Å². The summed E-state index contributed by atoms with van der Waals surface area (Å²) in [6.45, 7) is 5.66. The van der Waals surface area contributed by atoms with Crippen LogP contribution in [0.3, 0.4) is 0 Å². The van der Waals surface area contributed by atoms with Crippen molar-refractivity contribution in [3.05, 3.63) is 45.1 Å². The summed E-state index contributed by atoms with van der Waals surface area (Å²) in [5.74, 6) is 0. The lowest BCUT2D eigenvalue weighted by Gasteiger charge is -1.88. The van der Waals surface area contributed by atoms with Crippen LogP contribution >= 0.6 is 0 Å². The van der Waals surface area contributed by atoms with E-state index >= 15 is 0 Å². The van der Waals surface area contributed by atoms with Gasteiger partial charge < -0.3 is 0 Å². The van der Waals surface area contributed by atoms with Crippen LogP contribution in [0.2, 0.25) is 0 Å². The molecule has 0 aliphatic rings. The lowest BCUT2D eigenvalue weighted by Crippen LogP contribution is -2.05. The maximum atomic E-state index is 11.4. The summed E-state index contributed by atoms with van der Waals surface area (Å²) in [5.41, 5.74) is 2.89. The Morgan fingerprint density at radius 2 is 1.55 bits per heavy atom. The Balaban J connectivity index is 3.62. The third-order valence-electron chi connectivity index (χ3n) is 1.98. The zero-order valence-corrected chi connectivity index (χ0v) is 7.14. The lowest BCUT2D eigenvalue weighted by molar-refractivity contribution is 1.29. The Labute approximate surface area is 66.7 Å². The number of aryl methyl sites for hydroxylation is 2. The quantitative estimate of drug-likeness (QED) is 0.549. The number of hydrogen-bond acceptors (Lipinski definition) is 1. The third-order valence-corrected chi connectivity index (χ3v) is 1.98. The van der Waals surface area contributed by atoms with Crippen LogP contribution in [0.5, 0.6) is 0 Å². The lowest BCUT2D eigenvalue weighted by atomic mass is 10.2. The second-order valence-corrected chi connectivity index (χ2v) is 2.85. The van der Waals surface area contributed by atoms with Gasteiger partial charge in [-0.2, -0.15) is 0 Å². The minimum atomic E-state index is 0.160. The fourth-order valence-electron chi connectivity index (χ4n) is 1.01. The van der Waals surface area contributed by atoms with E-state index in [0.717, 1.165) is 16.7 Å². The van der Waals surface area contributed by atoms with Gasteiger partial charge in [-0.05, 0) is 37.5 Å². The van der Waals surface area contributed by atoms with Crippen LogP contribution in [0, 0.1) is 20.8 Å². The van der Waals surface area contributed by atoms with E-state index in [2.05, 4.69) is 0 Å². The van der Waals surface area contributed by atoms with Gasteiger partial charge >= 0.3 is 0 Å². The van der Waals surface area contributed by atoms with E-state index in [9.17, 15) is 4.79 Å². The van der Waals surface area contributed by atoms with Gasteiger partial charge in [0.2, 0.25) is 0 Å². The topological polar surface area (TPSA) is 17.1 Å². The average molecular weight is 148 g/mol. The number of hydrogen-bond donors (Lipinski definition) is 0. The van der Waals surface area contributed by atoms with Crippen molar-refractivity contribution in [3.63, 3.8) is 0 Å². The summed E-state index contributed by atoms with van der Waals surface area (Å²) in [5, 5.41) is 0. The molecular weight excluding hydrogens is 136 g/mol. The average Bonchev–Trinajstić information content (AvgIpc) is 2.07. The Hall–Kier alpha value is -1.11. The molecule has 0 saturated heterocycles. The second-order valence-electron chi connectivity index (χ2n) is 2.85. The van der Waals surface area contributed by atoms with E-state index in [0.29, 0.717) is 0 Å². The molecule has 0 aromatic heterocycles. The summed E-state index contributed by atoms with van der Waals surface area (Å²) >= 11 is 0. The zero-order chi connectivity index (χ0) is 8.43. The van der Waals surface area contributed by atoms with Crippen LogP contribution in [0.4, 0.5) is 0 Å². The molecule has 1 heteroatoms. The molecule has 11 heavy (non-hydrogen) atoms. The van der Waals surface area contributed by atoms with Gasteiger partial charge in [0.1, 0.15) is 0 Å². The van der Waals surface area contributed by atoms with Gasteiger partial charge in [-0.3, -0.25) is 4.79 Å². The molecule has 58 valence electrons. The minimum Gasteiger partial charge on any atom is -0.289 e. The number of rotatable bonds is 0. The van der Waals surface area contributed by atoms with Crippen molar-refractivity contribution in [1.82, 2.24) is 0 Å². The molecule has 1 aromatic carbocycles. The van der Waals surface area contributed by atoms with E-state index in [-0.39, 0.29) is 5.43 Å². The molecule has 0 spiro atoms. The normalized spacial score (nSPS) is 9.73. The summed E-state index contributed by atoms with van der Waals surface area (Å²) in [7, 11) is 0. The van der Waals surface area contributed by atoms with Crippen molar-refractivity contribution in [1.29, 1.82) is 0 Å². The Morgan fingerprint density at radius 3 is 2.18 bits per heavy atom. The van der Waals surface area contributed by atoms with Gasteiger partial charge in [0.05, 0.1) is 0 Å². The Morgan fingerprint density at radius 1 is 1.00 bits per heavy atom. The molecule has 0 heterocycles. The van der Waals surface area contributed by atoms with Gasteiger partial charge in [-0.15, -0.1) is 0 Å². The van der Waals surface area contributed by atoms with E-state index in [4.69, 9.17) is 0 Å². The molecule has 1 aromatic rings. The highest BCUT2D eigenvalue weighted by molar-refractivity contribution is 5.27. The molecule has 0 fully saturated rings. The van der Waals surface area contributed by atoms with Gasteiger partial charge in [0.15, 0.2) is 5.43 Å². The first-order chi connectivity index (χ1) is 5.13. The summed E-state index contributed by atoms with van der Waals surface area (Å²) in [6.07, 6.45) is 0. The van der Waals surface area contributed by atoms with Crippen LogP contribution in [-0.2, 0) is 0 Å². The summed E-state index contributed by atoms with van der Waals surface area (Å²) in [6, 6.07) is 5.73. The summed E-state index contributed by atoms with van der Waals surface area (Å²) in [4.78, 5) is 11.4. The molecule has 0 aliphatic heterocycles. The molecule has 1 nitrogen and oxygen atoms in total. The maximum Gasteiger partial charge on any atom is 0.184 e. The third kappa shape index (κ3) is 1.48. The van der Waals surface area contributed by atoms with E-state index < -0.39 is 0 Å². The predicted octanol–water partition coefficient (Wildman–Crippen LogP) is 1.97. The minimum absolute atomic E-state index is 0.160. The molecule has 0 aliphatic carbocycles. The molecular formula is C10H12O. The zero-order valence-electron chi connectivity index (χ0n) is 7.14. The van der Waals surface area contributed by atoms with Crippen molar-refractivity contribution in [2.45, 2.75) is 20.8 Å². The van der Waals surface area contributed by atoms with E-state index in [1.54, 1.807) is 0 Å². The molecule has 0 bridgehead atoms. The molecule has 0 atom stereocenters. The van der Waals surface area contributed by atoms with Crippen molar-refractivity contribution in [2.75, 3.05) is 0 Å². The maximum absolute atomic E-state index is 11.4. The molecule has 0 N–H and O–H groups in total. The monoisotopic (exact) mass is 148 g/mol. The van der Waals surface area contributed by atoms with Crippen molar-refractivity contribution < 1.29 is 0 Å². The van der Waals surface area contributed by atoms with Crippen molar-refractivity contribution in [2.24, 2.45) is 0 Å². The van der Waals surface area contributed by atoms with Gasteiger partial charge in [-0.25, -0.2) is 0 Å². The first-order valence-electron chi connectivity index (χ1n) is 3.70. The second kappa shape index (κ2) is 2.87.